The topological polar surface area (TPSA) is 163 Å². The standard InChI is InChI=1S/C34H38N4O7/c39-30(36-20-31(40)37-21-32(41)38-29(33(42)43)19-23-11-3-1-4-12-23)17-5-2-10-18-35-34(44)45-22-28-26-15-8-6-13-24(26)25-14-7-9-16-27(25)28/h1,3-4,6-9,11-16,28-29H,2,5,10,17-22H2,(H,35,44)(H,36,39)(H,37,40)(H,38,41)(H,42,43)/t29-/m0/s1. The van der Waals surface area contributed by atoms with E-state index in [2.05, 4.69) is 45.5 Å². The fourth-order valence-electron chi connectivity index (χ4n) is 5.23. The van der Waals surface area contributed by atoms with Crippen molar-refractivity contribution in [3.8, 4) is 11.1 Å². The predicted octanol–water partition coefficient (Wildman–Crippen LogP) is 3.13. The van der Waals surface area contributed by atoms with Crippen LogP contribution in [0.1, 0.15) is 48.3 Å². The van der Waals surface area contributed by atoms with Crippen LogP contribution < -0.4 is 21.3 Å². The third kappa shape index (κ3) is 9.92. The third-order valence-corrected chi connectivity index (χ3v) is 7.50. The van der Waals surface area contributed by atoms with E-state index in [0.717, 1.165) is 16.7 Å². The fourth-order valence-corrected chi connectivity index (χ4v) is 5.23. The lowest BCUT2D eigenvalue weighted by atomic mass is 9.98. The summed E-state index contributed by atoms with van der Waals surface area (Å²) in [4.78, 5) is 60.0. The Morgan fingerprint density at radius 3 is 1.96 bits per heavy atom. The Labute approximate surface area is 261 Å². The van der Waals surface area contributed by atoms with Crippen LogP contribution in [0.25, 0.3) is 11.1 Å². The Hall–Kier alpha value is -5.19. The first-order valence-corrected chi connectivity index (χ1v) is 15.0. The molecule has 3 aromatic carbocycles. The maximum atomic E-state index is 12.3. The van der Waals surface area contributed by atoms with Crippen LogP contribution in [0.5, 0.6) is 0 Å². The van der Waals surface area contributed by atoms with Crippen molar-refractivity contribution in [2.45, 2.75) is 44.1 Å². The molecule has 0 fully saturated rings. The first-order valence-electron chi connectivity index (χ1n) is 15.0. The number of rotatable bonds is 16. The average molecular weight is 615 g/mol. The molecule has 236 valence electrons. The van der Waals surface area contributed by atoms with E-state index in [1.807, 2.05) is 30.3 Å². The molecule has 0 spiro atoms. The van der Waals surface area contributed by atoms with Gasteiger partial charge in [0.1, 0.15) is 12.6 Å². The second kappa shape index (κ2) is 16.6. The molecule has 1 aliphatic rings. The summed E-state index contributed by atoms with van der Waals surface area (Å²) >= 11 is 0. The Morgan fingerprint density at radius 2 is 1.29 bits per heavy atom. The summed E-state index contributed by atoms with van der Waals surface area (Å²) < 4.78 is 5.52. The number of carboxylic acid groups (broad SMARTS) is 1. The van der Waals surface area contributed by atoms with Gasteiger partial charge in [-0.15, -0.1) is 0 Å². The van der Waals surface area contributed by atoms with Crippen molar-refractivity contribution in [3.63, 3.8) is 0 Å². The van der Waals surface area contributed by atoms with E-state index in [0.29, 0.717) is 25.8 Å². The summed E-state index contributed by atoms with van der Waals surface area (Å²) in [7, 11) is 0. The quantitative estimate of drug-likeness (QED) is 0.155. The lowest BCUT2D eigenvalue weighted by Gasteiger charge is -2.15. The SMILES string of the molecule is O=C(CCCCCNC(=O)OCC1c2ccccc2-c2ccccc21)NCC(=O)NCC(=O)N[C@@H](Cc1ccccc1)C(=O)O. The van der Waals surface area contributed by atoms with E-state index in [4.69, 9.17) is 4.74 Å². The van der Waals surface area contributed by atoms with Crippen molar-refractivity contribution >= 4 is 29.8 Å². The minimum Gasteiger partial charge on any atom is -0.480 e. The van der Waals surface area contributed by atoms with Crippen LogP contribution in [-0.4, -0.2) is 67.2 Å². The van der Waals surface area contributed by atoms with Crippen molar-refractivity contribution < 1.29 is 33.8 Å². The Kier molecular flexibility index (Phi) is 12.1. The van der Waals surface area contributed by atoms with E-state index in [1.54, 1.807) is 24.3 Å². The molecule has 11 nitrogen and oxygen atoms in total. The Bertz CT molecular complexity index is 1450. The molecule has 11 heteroatoms. The first-order chi connectivity index (χ1) is 21.8. The average Bonchev–Trinajstić information content (AvgIpc) is 3.37. The van der Waals surface area contributed by atoms with Gasteiger partial charge in [-0.25, -0.2) is 9.59 Å². The molecule has 4 rings (SSSR count). The number of hydrogen-bond donors (Lipinski definition) is 5. The van der Waals surface area contributed by atoms with Gasteiger partial charge in [0.05, 0.1) is 13.1 Å². The molecule has 0 unspecified atom stereocenters. The van der Waals surface area contributed by atoms with Crippen LogP contribution in [0.15, 0.2) is 78.9 Å². The number of benzene rings is 3. The summed E-state index contributed by atoms with van der Waals surface area (Å²) in [5.74, 6) is -2.72. The number of fused-ring (bicyclic) bond motifs is 3. The van der Waals surface area contributed by atoms with Crippen LogP contribution in [0.4, 0.5) is 4.79 Å². The Morgan fingerprint density at radius 1 is 0.689 bits per heavy atom. The molecular weight excluding hydrogens is 576 g/mol. The van der Waals surface area contributed by atoms with Gasteiger partial charge in [-0.3, -0.25) is 14.4 Å². The van der Waals surface area contributed by atoms with Crippen molar-refractivity contribution in [1.29, 1.82) is 0 Å². The highest BCUT2D eigenvalue weighted by atomic mass is 16.5. The second-order valence-corrected chi connectivity index (χ2v) is 10.8. The molecule has 3 aromatic rings. The summed E-state index contributed by atoms with van der Waals surface area (Å²) in [6.07, 6.45) is 1.76. The lowest BCUT2D eigenvalue weighted by Crippen LogP contribution is -2.47. The van der Waals surface area contributed by atoms with E-state index in [9.17, 15) is 29.1 Å². The minimum absolute atomic E-state index is 0.00452. The van der Waals surface area contributed by atoms with Crippen molar-refractivity contribution in [2.24, 2.45) is 0 Å². The van der Waals surface area contributed by atoms with Crippen molar-refractivity contribution in [3.05, 3.63) is 95.6 Å². The highest BCUT2D eigenvalue weighted by molar-refractivity contribution is 5.90. The first kappa shape index (κ1) is 32.7. The zero-order valence-electron chi connectivity index (χ0n) is 24.9. The van der Waals surface area contributed by atoms with Crippen LogP contribution in [0.2, 0.25) is 0 Å². The van der Waals surface area contributed by atoms with Crippen molar-refractivity contribution in [1.82, 2.24) is 21.3 Å². The summed E-state index contributed by atoms with van der Waals surface area (Å²) in [6.45, 7) is -0.0575. The normalized spacial score (nSPS) is 12.3. The van der Waals surface area contributed by atoms with E-state index >= 15 is 0 Å². The van der Waals surface area contributed by atoms with Crippen LogP contribution in [-0.2, 0) is 30.3 Å². The van der Waals surface area contributed by atoms with E-state index in [1.165, 1.54) is 11.1 Å². The molecule has 0 saturated carbocycles. The number of alkyl carbamates (subject to hydrolysis) is 1. The van der Waals surface area contributed by atoms with Gasteiger partial charge in [-0.05, 0) is 40.7 Å². The molecule has 0 radical (unpaired) electrons. The third-order valence-electron chi connectivity index (χ3n) is 7.50. The van der Waals surface area contributed by atoms with Gasteiger partial charge in [0.15, 0.2) is 0 Å². The molecule has 0 aliphatic heterocycles. The number of unbranched alkanes of at least 4 members (excludes halogenated alkanes) is 2. The molecule has 1 aliphatic carbocycles. The largest absolute Gasteiger partial charge is 0.480 e. The monoisotopic (exact) mass is 614 g/mol. The van der Waals surface area contributed by atoms with Crippen LogP contribution >= 0.6 is 0 Å². The number of hydrogen-bond acceptors (Lipinski definition) is 6. The number of carboxylic acids is 1. The number of carbonyl (C=O) groups is 5. The smallest absolute Gasteiger partial charge is 0.407 e. The second-order valence-electron chi connectivity index (χ2n) is 10.8. The number of amides is 4. The molecule has 5 N–H and O–H groups in total. The van der Waals surface area contributed by atoms with E-state index < -0.39 is 36.5 Å². The summed E-state index contributed by atoms with van der Waals surface area (Å²) in [5, 5.41) is 19.4. The summed E-state index contributed by atoms with van der Waals surface area (Å²) in [6, 6.07) is 24.0. The fraction of sp³-hybridized carbons (Fsp3) is 0.324. The molecule has 4 amide bonds. The molecule has 0 saturated heterocycles. The van der Waals surface area contributed by atoms with Gasteiger partial charge in [0.2, 0.25) is 17.7 Å². The minimum atomic E-state index is -1.18. The molecule has 0 heterocycles. The Balaban J connectivity index is 1.03. The summed E-state index contributed by atoms with van der Waals surface area (Å²) in [5.41, 5.74) is 5.39. The molecule has 1 atom stereocenters. The maximum absolute atomic E-state index is 12.3. The zero-order chi connectivity index (χ0) is 32.0. The van der Waals surface area contributed by atoms with Crippen molar-refractivity contribution in [2.75, 3.05) is 26.2 Å². The van der Waals surface area contributed by atoms with Gasteiger partial charge in [0.25, 0.3) is 0 Å². The number of carbonyl (C=O) groups excluding carboxylic acids is 4. The predicted molar refractivity (Wildman–Crippen MR) is 167 cm³/mol. The lowest BCUT2D eigenvalue weighted by molar-refractivity contribution is -0.141. The van der Waals surface area contributed by atoms with Gasteiger partial charge in [-0.2, -0.15) is 0 Å². The number of aliphatic carboxylic acids is 1. The van der Waals surface area contributed by atoms with Crippen LogP contribution in [0, 0.1) is 0 Å². The molecular formula is C34H38N4O7. The van der Waals surface area contributed by atoms with Crippen LogP contribution in [0.3, 0.4) is 0 Å². The zero-order valence-corrected chi connectivity index (χ0v) is 24.9. The van der Waals surface area contributed by atoms with Gasteiger partial charge >= 0.3 is 12.1 Å². The number of ether oxygens (including phenoxy) is 1. The van der Waals surface area contributed by atoms with E-state index in [-0.39, 0.29) is 37.8 Å². The highest BCUT2D eigenvalue weighted by Gasteiger charge is 2.29. The van der Waals surface area contributed by atoms with Gasteiger partial charge < -0.3 is 31.1 Å². The molecule has 45 heavy (non-hydrogen) atoms. The van der Waals surface area contributed by atoms with Gasteiger partial charge in [-0.1, -0.05) is 85.3 Å². The molecule has 0 aromatic heterocycles. The van der Waals surface area contributed by atoms with Gasteiger partial charge in [0, 0.05) is 25.3 Å². The molecule has 0 bridgehead atoms. The highest BCUT2D eigenvalue weighted by Crippen LogP contribution is 2.44. The number of nitrogens with one attached hydrogen (secondary N) is 4. The maximum Gasteiger partial charge on any atom is 0.407 e.